The molecule has 0 atom stereocenters. The van der Waals surface area contributed by atoms with Crippen LogP contribution in [-0.4, -0.2) is 27.9 Å². The molecule has 1 aromatic carbocycles. The Morgan fingerprint density at radius 3 is 2.91 bits per heavy atom. The number of nitrogens with one attached hydrogen (secondary N) is 1. The molecular weight excluding hydrogens is 320 g/mol. The number of carbonyl (C=O) groups is 1. The topological polar surface area (TPSA) is 107 Å². The summed E-state index contributed by atoms with van der Waals surface area (Å²) in [5, 5.41) is 13.9. The Balaban J connectivity index is 1.97. The number of anilines is 1. The van der Waals surface area contributed by atoms with Gasteiger partial charge in [0.2, 0.25) is 0 Å². The van der Waals surface area contributed by atoms with Crippen LogP contribution in [0.3, 0.4) is 0 Å². The van der Waals surface area contributed by atoms with Crippen molar-refractivity contribution in [2.24, 2.45) is 0 Å². The van der Waals surface area contributed by atoms with Crippen LogP contribution < -0.4 is 10.1 Å². The molecule has 2 aromatic heterocycles. The fraction of sp³-hybridized carbons (Fsp3) is 0.0714. The molecule has 0 saturated heterocycles. The number of hydrogen-bond donors (Lipinski definition) is 1. The van der Waals surface area contributed by atoms with Crippen LogP contribution in [0.2, 0.25) is 0 Å². The van der Waals surface area contributed by atoms with Gasteiger partial charge < -0.3 is 4.74 Å². The van der Waals surface area contributed by atoms with E-state index in [0.29, 0.717) is 20.9 Å². The monoisotopic (exact) mass is 330 g/mol. The fourth-order valence-electron chi connectivity index (χ4n) is 1.97. The SMILES string of the molecule is COc1cc([N+](=O)[O-])cc2sc(NC(=O)c3cccnc3)nc12. The van der Waals surface area contributed by atoms with Crippen LogP contribution in [0.5, 0.6) is 5.75 Å². The molecule has 0 bridgehead atoms. The van der Waals surface area contributed by atoms with Gasteiger partial charge in [-0.25, -0.2) is 4.98 Å². The van der Waals surface area contributed by atoms with E-state index in [9.17, 15) is 14.9 Å². The minimum absolute atomic E-state index is 0.0943. The number of ether oxygens (including phenoxy) is 1. The Morgan fingerprint density at radius 1 is 1.43 bits per heavy atom. The number of thiazole rings is 1. The largest absolute Gasteiger partial charge is 0.494 e. The Bertz CT molecular complexity index is 894. The van der Waals surface area contributed by atoms with Crippen molar-refractivity contribution in [3.63, 3.8) is 0 Å². The molecule has 8 nitrogen and oxygen atoms in total. The summed E-state index contributed by atoms with van der Waals surface area (Å²) in [7, 11) is 1.41. The van der Waals surface area contributed by atoms with Gasteiger partial charge in [0.25, 0.3) is 11.6 Å². The molecule has 0 unspecified atom stereocenters. The van der Waals surface area contributed by atoms with Gasteiger partial charge in [0.05, 0.1) is 28.4 Å². The van der Waals surface area contributed by atoms with Crippen LogP contribution in [-0.2, 0) is 0 Å². The molecule has 116 valence electrons. The van der Waals surface area contributed by atoms with Gasteiger partial charge in [-0.1, -0.05) is 11.3 Å². The number of methoxy groups -OCH3 is 1. The number of nitro benzene ring substituents is 1. The van der Waals surface area contributed by atoms with E-state index in [4.69, 9.17) is 4.74 Å². The number of aromatic nitrogens is 2. The average molecular weight is 330 g/mol. The van der Waals surface area contributed by atoms with E-state index in [0.717, 1.165) is 11.3 Å². The maximum atomic E-state index is 12.1. The van der Waals surface area contributed by atoms with Crippen molar-refractivity contribution < 1.29 is 14.5 Å². The highest BCUT2D eigenvalue weighted by atomic mass is 32.1. The lowest BCUT2D eigenvalue weighted by molar-refractivity contribution is -0.384. The molecule has 9 heteroatoms. The highest BCUT2D eigenvalue weighted by molar-refractivity contribution is 7.22. The number of fused-ring (bicyclic) bond motifs is 1. The lowest BCUT2D eigenvalue weighted by atomic mass is 10.3. The fourth-order valence-corrected chi connectivity index (χ4v) is 2.88. The van der Waals surface area contributed by atoms with Gasteiger partial charge in [-0.3, -0.25) is 25.2 Å². The highest BCUT2D eigenvalue weighted by Crippen LogP contribution is 2.36. The molecule has 2 heterocycles. The van der Waals surface area contributed by atoms with Gasteiger partial charge in [0.1, 0.15) is 5.52 Å². The number of benzene rings is 1. The number of non-ortho nitro benzene ring substituents is 1. The summed E-state index contributed by atoms with van der Waals surface area (Å²) in [5.74, 6) is -0.0713. The molecule has 23 heavy (non-hydrogen) atoms. The van der Waals surface area contributed by atoms with Gasteiger partial charge >= 0.3 is 0 Å². The van der Waals surface area contributed by atoms with Gasteiger partial charge in [-0.05, 0) is 12.1 Å². The maximum absolute atomic E-state index is 12.1. The number of hydrogen-bond acceptors (Lipinski definition) is 7. The standard InChI is InChI=1S/C14H10N4O4S/c1-22-10-5-9(18(20)21)6-11-12(10)16-14(23-11)17-13(19)8-3-2-4-15-7-8/h2-7H,1H3,(H,16,17,19). The summed E-state index contributed by atoms with van der Waals surface area (Å²) in [6.07, 6.45) is 3.01. The third-order valence-corrected chi connectivity index (χ3v) is 3.94. The predicted molar refractivity (Wildman–Crippen MR) is 85.0 cm³/mol. The summed E-state index contributed by atoms with van der Waals surface area (Å²) in [4.78, 5) is 30.7. The Hall–Kier alpha value is -3.07. The Kier molecular flexibility index (Phi) is 3.85. The molecule has 0 aliphatic rings. The van der Waals surface area contributed by atoms with Crippen molar-refractivity contribution in [3.8, 4) is 5.75 Å². The average Bonchev–Trinajstić information content (AvgIpc) is 2.96. The number of rotatable bonds is 4. The summed E-state index contributed by atoms with van der Waals surface area (Å²) < 4.78 is 5.69. The molecule has 1 N–H and O–H groups in total. The molecular formula is C14H10N4O4S. The maximum Gasteiger partial charge on any atom is 0.274 e. The van der Waals surface area contributed by atoms with Crippen LogP contribution in [0.25, 0.3) is 10.2 Å². The van der Waals surface area contributed by atoms with E-state index in [1.807, 2.05) is 0 Å². The molecule has 3 rings (SSSR count). The molecule has 0 radical (unpaired) electrons. The molecule has 0 aliphatic carbocycles. The normalized spacial score (nSPS) is 10.5. The van der Waals surface area contributed by atoms with Crippen LogP contribution in [0, 0.1) is 10.1 Å². The van der Waals surface area contributed by atoms with E-state index in [1.54, 1.807) is 18.3 Å². The number of nitro groups is 1. The van der Waals surface area contributed by atoms with Crippen molar-refractivity contribution in [2.75, 3.05) is 12.4 Å². The van der Waals surface area contributed by atoms with Gasteiger partial charge in [-0.15, -0.1) is 0 Å². The van der Waals surface area contributed by atoms with E-state index >= 15 is 0 Å². The van der Waals surface area contributed by atoms with Gasteiger partial charge in [-0.2, -0.15) is 0 Å². The summed E-state index contributed by atoms with van der Waals surface area (Å²) in [6.45, 7) is 0. The molecule has 0 spiro atoms. The number of nitrogens with zero attached hydrogens (tertiary/aromatic N) is 3. The number of amides is 1. The second-order valence-electron chi connectivity index (χ2n) is 4.47. The first kappa shape index (κ1) is 14.9. The van der Waals surface area contributed by atoms with Crippen LogP contribution in [0.1, 0.15) is 10.4 Å². The zero-order valence-corrected chi connectivity index (χ0v) is 12.7. The lowest BCUT2D eigenvalue weighted by Crippen LogP contribution is -2.11. The minimum Gasteiger partial charge on any atom is -0.494 e. The van der Waals surface area contributed by atoms with Crippen molar-refractivity contribution in [1.82, 2.24) is 9.97 Å². The van der Waals surface area contributed by atoms with E-state index in [1.165, 1.54) is 25.4 Å². The summed E-state index contributed by atoms with van der Waals surface area (Å²) in [5.41, 5.74) is 0.762. The van der Waals surface area contributed by atoms with Gasteiger partial charge in [0.15, 0.2) is 10.9 Å². The highest BCUT2D eigenvalue weighted by Gasteiger charge is 2.17. The molecule has 1 amide bonds. The predicted octanol–water partition coefficient (Wildman–Crippen LogP) is 2.86. The van der Waals surface area contributed by atoms with Crippen molar-refractivity contribution in [3.05, 3.63) is 52.3 Å². The van der Waals surface area contributed by atoms with Crippen LogP contribution in [0.4, 0.5) is 10.8 Å². The summed E-state index contributed by atoms with van der Waals surface area (Å²) >= 11 is 1.13. The van der Waals surface area contributed by atoms with E-state index < -0.39 is 4.92 Å². The van der Waals surface area contributed by atoms with Crippen LogP contribution in [0.15, 0.2) is 36.7 Å². The second kappa shape index (κ2) is 5.97. The minimum atomic E-state index is -0.504. The third-order valence-electron chi connectivity index (χ3n) is 3.02. The van der Waals surface area contributed by atoms with Gasteiger partial charge in [0, 0.05) is 18.5 Å². The second-order valence-corrected chi connectivity index (χ2v) is 5.50. The first-order valence-electron chi connectivity index (χ1n) is 6.43. The molecule has 0 fully saturated rings. The van der Waals surface area contributed by atoms with Crippen molar-refractivity contribution in [2.45, 2.75) is 0 Å². The summed E-state index contributed by atoms with van der Waals surface area (Å²) in [6, 6.07) is 5.98. The third kappa shape index (κ3) is 2.94. The number of pyridine rings is 1. The molecule has 3 aromatic rings. The first-order chi connectivity index (χ1) is 11.1. The van der Waals surface area contributed by atoms with E-state index in [-0.39, 0.29) is 17.3 Å². The first-order valence-corrected chi connectivity index (χ1v) is 7.24. The van der Waals surface area contributed by atoms with Crippen molar-refractivity contribution >= 4 is 38.3 Å². The Labute approximate surface area is 133 Å². The quantitative estimate of drug-likeness (QED) is 0.582. The molecule has 0 saturated carbocycles. The lowest BCUT2D eigenvalue weighted by Gasteiger charge is -2.00. The number of carbonyl (C=O) groups excluding carboxylic acids is 1. The zero-order chi connectivity index (χ0) is 16.4. The smallest absolute Gasteiger partial charge is 0.274 e. The van der Waals surface area contributed by atoms with Crippen LogP contribution >= 0.6 is 11.3 Å². The Morgan fingerprint density at radius 2 is 2.26 bits per heavy atom. The zero-order valence-electron chi connectivity index (χ0n) is 11.8. The van der Waals surface area contributed by atoms with Crippen molar-refractivity contribution in [1.29, 1.82) is 0 Å². The van der Waals surface area contributed by atoms with E-state index in [2.05, 4.69) is 15.3 Å². The molecule has 0 aliphatic heterocycles.